The van der Waals surface area contributed by atoms with E-state index in [0.29, 0.717) is 22.4 Å². The normalized spacial score (nSPS) is 16.8. The molecule has 202 valence electrons. The number of nitrogens with one attached hydrogen (secondary N) is 3. The van der Waals surface area contributed by atoms with Crippen molar-refractivity contribution in [2.24, 2.45) is 0 Å². The molecular weight excluding hydrogens is 516 g/mol. The lowest BCUT2D eigenvalue weighted by atomic mass is 9.99. The van der Waals surface area contributed by atoms with E-state index in [4.69, 9.17) is 0 Å². The molecule has 0 radical (unpaired) electrons. The number of carbonyl (C=O) groups excluding carboxylic acids is 2. The van der Waals surface area contributed by atoms with Crippen LogP contribution in [-0.2, 0) is 11.3 Å². The monoisotopic (exact) mass is 548 g/mol. The van der Waals surface area contributed by atoms with Crippen LogP contribution >= 0.6 is 11.3 Å². The van der Waals surface area contributed by atoms with Gasteiger partial charge in [-0.1, -0.05) is 42.5 Å². The predicted octanol–water partition coefficient (Wildman–Crippen LogP) is 6.77. The number of thiophene rings is 1. The van der Waals surface area contributed by atoms with Crippen LogP contribution in [0, 0.1) is 0 Å². The molecule has 0 bridgehead atoms. The van der Waals surface area contributed by atoms with Gasteiger partial charge < -0.3 is 16.0 Å². The second-order valence-corrected chi connectivity index (χ2v) is 11.2. The minimum Gasteiger partial charge on any atom is -0.354 e. The van der Waals surface area contributed by atoms with Gasteiger partial charge in [0, 0.05) is 40.0 Å². The zero-order valence-corrected chi connectivity index (χ0v) is 23.3. The molecule has 0 saturated carbocycles. The summed E-state index contributed by atoms with van der Waals surface area (Å²) >= 11 is 1.58. The van der Waals surface area contributed by atoms with Gasteiger partial charge in [0.25, 0.3) is 11.8 Å². The fourth-order valence-electron chi connectivity index (χ4n) is 5.44. The summed E-state index contributed by atoms with van der Waals surface area (Å²) in [4.78, 5) is 29.1. The Morgan fingerprint density at radius 3 is 2.58 bits per heavy atom. The van der Waals surface area contributed by atoms with E-state index in [-0.39, 0.29) is 17.9 Å². The van der Waals surface area contributed by atoms with Crippen molar-refractivity contribution in [1.82, 2.24) is 10.2 Å². The molecule has 0 spiro atoms. The zero-order chi connectivity index (χ0) is 27.5. The second-order valence-electron chi connectivity index (χ2n) is 10.4. The summed E-state index contributed by atoms with van der Waals surface area (Å²) in [5.41, 5.74) is 7.31. The lowest BCUT2D eigenvalue weighted by Crippen LogP contribution is -2.26. The smallest absolute Gasteiger partial charge is 0.258 e. The van der Waals surface area contributed by atoms with Crippen LogP contribution in [-0.4, -0.2) is 29.8 Å². The number of carbonyl (C=O) groups is 2. The molecule has 1 atom stereocenters. The first-order valence-corrected chi connectivity index (χ1v) is 14.7. The van der Waals surface area contributed by atoms with Crippen molar-refractivity contribution < 1.29 is 9.59 Å². The molecule has 1 aromatic heterocycles. The van der Waals surface area contributed by atoms with Crippen LogP contribution in [0.4, 0.5) is 11.4 Å². The fourth-order valence-corrected chi connectivity index (χ4v) is 6.08. The van der Waals surface area contributed by atoms with Gasteiger partial charge in [0.1, 0.15) is 0 Å². The summed E-state index contributed by atoms with van der Waals surface area (Å²) in [6, 6.07) is 25.5. The molecule has 2 aliphatic rings. The molecular formula is C33H32N4O2S. The maximum absolute atomic E-state index is 13.4. The van der Waals surface area contributed by atoms with E-state index in [9.17, 15) is 9.59 Å². The Morgan fingerprint density at radius 1 is 0.975 bits per heavy atom. The Morgan fingerprint density at radius 2 is 1.80 bits per heavy atom. The van der Waals surface area contributed by atoms with Gasteiger partial charge in [0.05, 0.1) is 17.3 Å². The molecule has 2 aliphatic heterocycles. The van der Waals surface area contributed by atoms with Gasteiger partial charge in [0.15, 0.2) is 0 Å². The molecule has 3 N–H and O–H groups in total. The first-order valence-electron chi connectivity index (χ1n) is 13.7. The van der Waals surface area contributed by atoms with E-state index in [1.165, 1.54) is 18.4 Å². The van der Waals surface area contributed by atoms with Gasteiger partial charge in [-0.25, -0.2) is 0 Å². The highest BCUT2D eigenvalue weighted by Crippen LogP contribution is 2.38. The topological polar surface area (TPSA) is 73.5 Å². The number of rotatable bonds is 8. The van der Waals surface area contributed by atoms with Gasteiger partial charge >= 0.3 is 0 Å². The number of benzene rings is 3. The summed E-state index contributed by atoms with van der Waals surface area (Å²) in [6.07, 6.45) is 2.51. The molecule has 1 saturated heterocycles. The van der Waals surface area contributed by atoms with Crippen LogP contribution < -0.4 is 16.0 Å². The van der Waals surface area contributed by atoms with Gasteiger partial charge in [0.2, 0.25) is 0 Å². The Bertz CT molecular complexity index is 1560. The Hall–Kier alpha value is -4.20. The molecule has 3 aromatic carbocycles. The van der Waals surface area contributed by atoms with Crippen LogP contribution in [0.25, 0.3) is 11.3 Å². The quantitative estimate of drug-likeness (QED) is 0.213. The Labute approximate surface area is 238 Å². The maximum atomic E-state index is 13.4. The van der Waals surface area contributed by atoms with Gasteiger partial charge in [-0.15, -0.1) is 0 Å². The SMILES string of the molecule is C[C@@H](NC(=O)c1ccc2c(c1)C(=C(Nc1cccc(CN3CCCC3)c1)c1ccsc1)C(=O)N2)c1ccccc1. The number of hydrogen-bond acceptors (Lipinski definition) is 5. The van der Waals surface area contributed by atoms with Crippen molar-refractivity contribution in [2.45, 2.75) is 32.4 Å². The van der Waals surface area contributed by atoms with Gasteiger partial charge in [-0.3, -0.25) is 14.5 Å². The number of hydrogen-bond donors (Lipinski definition) is 3. The molecule has 4 aromatic rings. The van der Waals surface area contributed by atoms with Crippen molar-refractivity contribution in [3.63, 3.8) is 0 Å². The van der Waals surface area contributed by atoms with Crippen molar-refractivity contribution in [2.75, 3.05) is 23.7 Å². The largest absolute Gasteiger partial charge is 0.354 e. The first kappa shape index (κ1) is 26.0. The van der Waals surface area contributed by atoms with Crippen molar-refractivity contribution in [3.8, 4) is 0 Å². The first-order chi connectivity index (χ1) is 19.5. The number of nitrogens with zero attached hydrogens (tertiary/aromatic N) is 1. The number of likely N-dealkylation sites (tertiary alicyclic amines) is 1. The Kier molecular flexibility index (Phi) is 7.49. The molecule has 0 aliphatic carbocycles. The Balaban J connectivity index is 1.33. The summed E-state index contributed by atoms with van der Waals surface area (Å²) in [5.74, 6) is -0.371. The molecule has 6 nitrogen and oxygen atoms in total. The molecule has 40 heavy (non-hydrogen) atoms. The van der Waals surface area contributed by atoms with Gasteiger partial charge in [-0.2, -0.15) is 11.3 Å². The second kappa shape index (κ2) is 11.5. The minimum absolute atomic E-state index is 0.146. The maximum Gasteiger partial charge on any atom is 0.258 e. The standard InChI is InChI=1S/C33H32N4O2S/c1-22(24-9-3-2-4-10-24)34-32(38)25-12-13-29-28(19-25)30(33(39)36-29)31(26-14-17-40-21-26)35-27-11-7-8-23(18-27)20-37-15-5-6-16-37/h2-4,7-14,17-19,21-22,35H,5-6,15-16,20H2,1H3,(H,34,38)(H,36,39)/t22-/m1/s1. The van der Waals surface area contributed by atoms with Crippen LogP contribution in [0.3, 0.4) is 0 Å². The molecule has 1 fully saturated rings. The van der Waals surface area contributed by atoms with E-state index >= 15 is 0 Å². The van der Waals surface area contributed by atoms with Crippen molar-refractivity contribution >= 4 is 45.8 Å². The van der Waals surface area contributed by atoms with E-state index in [0.717, 1.165) is 42.1 Å². The minimum atomic E-state index is -0.188. The highest BCUT2D eigenvalue weighted by atomic mass is 32.1. The predicted molar refractivity (Wildman–Crippen MR) is 163 cm³/mol. The zero-order valence-electron chi connectivity index (χ0n) is 22.4. The summed E-state index contributed by atoms with van der Waals surface area (Å²) < 4.78 is 0. The third-order valence-electron chi connectivity index (χ3n) is 7.53. The lowest BCUT2D eigenvalue weighted by molar-refractivity contribution is -0.110. The molecule has 6 rings (SSSR count). The average molecular weight is 549 g/mol. The van der Waals surface area contributed by atoms with E-state index in [2.05, 4.69) is 39.0 Å². The van der Waals surface area contributed by atoms with Crippen LogP contribution in [0.1, 0.15) is 58.4 Å². The highest BCUT2D eigenvalue weighted by molar-refractivity contribution is 7.08. The number of anilines is 2. The molecule has 3 heterocycles. The van der Waals surface area contributed by atoms with E-state index in [1.54, 1.807) is 17.4 Å². The molecule has 7 heteroatoms. The highest BCUT2D eigenvalue weighted by Gasteiger charge is 2.30. The fraction of sp³-hybridized carbons (Fsp3) is 0.212. The van der Waals surface area contributed by atoms with Gasteiger partial charge in [-0.05, 0) is 85.8 Å². The third kappa shape index (κ3) is 5.57. The van der Waals surface area contributed by atoms with Crippen LogP contribution in [0.15, 0.2) is 89.6 Å². The number of fused-ring (bicyclic) bond motifs is 1. The molecule has 2 amide bonds. The van der Waals surface area contributed by atoms with E-state index in [1.807, 2.05) is 72.3 Å². The average Bonchev–Trinajstić information content (AvgIpc) is 3.74. The summed E-state index contributed by atoms with van der Waals surface area (Å²) in [5, 5.41) is 13.7. The summed E-state index contributed by atoms with van der Waals surface area (Å²) in [7, 11) is 0. The number of amides is 2. The third-order valence-corrected chi connectivity index (χ3v) is 8.22. The lowest BCUT2D eigenvalue weighted by Gasteiger charge is -2.17. The van der Waals surface area contributed by atoms with Crippen LogP contribution in [0.2, 0.25) is 0 Å². The molecule has 0 unspecified atom stereocenters. The van der Waals surface area contributed by atoms with Crippen molar-refractivity contribution in [3.05, 3.63) is 117 Å². The summed E-state index contributed by atoms with van der Waals surface area (Å²) in [6.45, 7) is 5.16. The van der Waals surface area contributed by atoms with Crippen LogP contribution in [0.5, 0.6) is 0 Å². The van der Waals surface area contributed by atoms with E-state index < -0.39 is 0 Å². The van der Waals surface area contributed by atoms with Crippen molar-refractivity contribution in [1.29, 1.82) is 0 Å².